The second kappa shape index (κ2) is 5.03. The molecule has 0 saturated carbocycles. The van der Waals surface area contributed by atoms with Crippen LogP contribution in [-0.2, 0) is 24.8 Å². The second-order valence-electron chi connectivity index (χ2n) is 4.97. The molecule has 0 spiro atoms. The molecule has 7 nitrogen and oxygen atoms in total. The van der Waals surface area contributed by atoms with E-state index in [2.05, 4.69) is 25.9 Å². The lowest BCUT2D eigenvalue weighted by molar-refractivity contribution is -0.142. The fraction of sp³-hybridized carbons (Fsp3) is 0.308. The summed E-state index contributed by atoms with van der Waals surface area (Å²) in [6.07, 6.45) is 3.50. The second-order valence-corrected chi connectivity index (χ2v) is 5.89. The van der Waals surface area contributed by atoms with Crippen molar-refractivity contribution in [2.75, 3.05) is 0 Å². The number of aromatic amines is 1. The zero-order valence-electron chi connectivity index (χ0n) is 11.2. The highest BCUT2D eigenvalue weighted by Gasteiger charge is 2.37. The van der Waals surface area contributed by atoms with Crippen molar-refractivity contribution < 1.29 is 14.7 Å². The number of carboxylic acids is 1. The lowest BCUT2D eigenvalue weighted by Crippen LogP contribution is -2.49. The molecular formula is C13H13BrN4O3. The van der Waals surface area contributed by atoms with E-state index in [1.807, 2.05) is 0 Å². The van der Waals surface area contributed by atoms with Crippen LogP contribution in [0.25, 0.3) is 0 Å². The number of halogens is 1. The number of H-pyrrole nitrogens is 1. The van der Waals surface area contributed by atoms with E-state index >= 15 is 0 Å². The maximum absolute atomic E-state index is 12.7. The molecule has 2 N–H and O–H groups in total. The molecule has 1 unspecified atom stereocenters. The number of carbonyl (C=O) groups excluding carboxylic acids is 1. The molecule has 21 heavy (non-hydrogen) atoms. The number of aromatic nitrogens is 3. The third kappa shape index (κ3) is 2.35. The van der Waals surface area contributed by atoms with Crippen molar-refractivity contribution >= 4 is 27.8 Å². The van der Waals surface area contributed by atoms with Gasteiger partial charge in [0.25, 0.3) is 5.91 Å². The van der Waals surface area contributed by atoms with Crippen LogP contribution in [0.3, 0.4) is 0 Å². The number of nitrogens with zero attached hydrogens (tertiary/aromatic N) is 3. The first-order valence-electron chi connectivity index (χ1n) is 6.34. The van der Waals surface area contributed by atoms with Crippen LogP contribution in [0, 0.1) is 0 Å². The maximum Gasteiger partial charge on any atom is 0.326 e. The van der Waals surface area contributed by atoms with Gasteiger partial charge in [0.05, 0.1) is 24.3 Å². The van der Waals surface area contributed by atoms with E-state index in [1.165, 1.54) is 11.2 Å². The van der Waals surface area contributed by atoms with Crippen LogP contribution in [0.15, 0.2) is 23.1 Å². The summed E-state index contributed by atoms with van der Waals surface area (Å²) in [7, 11) is 1.75. The molecule has 1 aliphatic heterocycles. The predicted molar refractivity (Wildman–Crippen MR) is 76.7 cm³/mol. The minimum atomic E-state index is -1.02. The Morgan fingerprint density at radius 2 is 2.29 bits per heavy atom. The van der Waals surface area contributed by atoms with Crippen LogP contribution in [-0.4, -0.2) is 42.5 Å². The molecule has 8 heteroatoms. The molecule has 110 valence electrons. The summed E-state index contributed by atoms with van der Waals surface area (Å²) in [4.78, 5) is 32.6. The quantitative estimate of drug-likeness (QED) is 0.848. The van der Waals surface area contributed by atoms with Gasteiger partial charge in [0, 0.05) is 24.1 Å². The molecule has 0 aromatic carbocycles. The molecule has 0 bridgehead atoms. The van der Waals surface area contributed by atoms with Gasteiger partial charge >= 0.3 is 5.97 Å². The molecule has 0 aliphatic carbocycles. The van der Waals surface area contributed by atoms with E-state index < -0.39 is 12.0 Å². The largest absolute Gasteiger partial charge is 0.480 e. The fourth-order valence-electron chi connectivity index (χ4n) is 2.55. The van der Waals surface area contributed by atoms with Gasteiger partial charge in [-0.2, -0.15) is 0 Å². The molecule has 0 radical (unpaired) electrons. The van der Waals surface area contributed by atoms with Gasteiger partial charge in [0.2, 0.25) is 0 Å². The number of imidazole rings is 1. The zero-order chi connectivity index (χ0) is 15.1. The van der Waals surface area contributed by atoms with Gasteiger partial charge in [-0.25, -0.2) is 9.78 Å². The number of fused-ring (bicyclic) bond motifs is 1. The van der Waals surface area contributed by atoms with E-state index in [-0.39, 0.29) is 18.9 Å². The average Bonchev–Trinajstić information content (AvgIpc) is 3.01. The number of carboxylic acid groups (broad SMARTS) is 1. The summed E-state index contributed by atoms with van der Waals surface area (Å²) in [6.45, 7) is 0.216. The zero-order valence-corrected chi connectivity index (χ0v) is 12.8. The molecular weight excluding hydrogens is 340 g/mol. The maximum atomic E-state index is 12.7. The first-order valence-corrected chi connectivity index (χ1v) is 7.13. The van der Waals surface area contributed by atoms with Crippen LogP contribution in [0.5, 0.6) is 0 Å². The van der Waals surface area contributed by atoms with Crippen molar-refractivity contribution in [3.8, 4) is 0 Å². The van der Waals surface area contributed by atoms with E-state index in [4.69, 9.17) is 0 Å². The molecule has 2 aromatic rings. The van der Waals surface area contributed by atoms with E-state index in [9.17, 15) is 14.7 Å². The molecule has 1 amide bonds. The normalized spacial score (nSPS) is 17.6. The van der Waals surface area contributed by atoms with Crippen molar-refractivity contribution in [1.82, 2.24) is 19.4 Å². The van der Waals surface area contributed by atoms with Crippen LogP contribution in [0.4, 0.5) is 0 Å². The molecule has 1 atom stereocenters. The average molecular weight is 353 g/mol. The van der Waals surface area contributed by atoms with Crippen LogP contribution in [0.1, 0.15) is 21.9 Å². The van der Waals surface area contributed by atoms with Gasteiger partial charge in [-0.15, -0.1) is 0 Å². The number of aryl methyl sites for hydroxylation is 1. The monoisotopic (exact) mass is 352 g/mol. The summed E-state index contributed by atoms with van der Waals surface area (Å²) < 4.78 is 2.45. The highest BCUT2D eigenvalue weighted by Crippen LogP contribution is 2.24. The summed E-state index contributed by atoms with van der Waals surface area (Å²) in [5, 5.41) is 9.39. The van der Waals surface area contributed by atoms with Crippen molar-refractivity contribution in [2.24, 2.45) is 7.05 Å². The van der Waals surface area contributed by atoms with Gasteiger partial charge in [0.1, 0.15) is 11.7 Å². The Morgan fingerprint density at radius 1 is 1.52 bits per heavy atom. The Bertz CT molecular complexity index is 721. The Balaban J connectivity index is 1.97. The Kier molecular flexibility index (Phi) is 3.32. The minimum Gasteiger partial charge on any atom is -0.480 e. The van der Waals surface area contributed by atoms with Gasteiger partial charge in [-0.1, -0.05) is 0 Å². The Morgan fingerprint density at radius 3 is 2.90 bits per heavy atom. The van der Waals surface area contributed by atoms with E-state index in [0.29, 0.717) is 11.4 Å². The van der Waals surface area contributed by atoms with Gasteiger partial charge in [0.15, 0.2) is 0 Å². The third-order valence-corrected chi connectivity index (χ3v) is 4.07. The van der Waals surface area contributed by atoms with E-state index in [0.717, 1.165) is 10.2 Å². The van der Waals surface area contributed by atoms with E-state index in [1.54, 1.807) is 23.9 Å². The number of amides is 1. The number of hydrogen-bond acceptors (Lipinski definition) is 3. The molecule has 3 rings (SSSR count). The summed E-state index contributed by atoms with van der Waals surface area (Å²) in [6, 6.07) is 0.783. The Hall–Kier alpha value is -2.09. The van der Waals surface area contributed by atoms with Crippen molar-refractivity contribution in [3.05, 3.63) is 40.1 Å². The minimum absolute atomic E-state index is 0.214. The van der Waals surface area contributed by atoms with Crippen LogP contribution >= 0.6 is 15.9 Å². The fourth-order valence-corrected chi connectivity index (χ4v) is 3.08. The summed E-state index contributed by atoms with van der Waals surface area (Å²) >= 11 is 3.31. The number of carbonyl (C=O) groups is 2. The third-order valence-electron chi connectivity index (χ3n) is 3.64. The highest BCUT2D eigenvalue weighted by molar-refractivity contribution is 9.10. The lowest BCUT2D eigenvalue weighted by atomic mass is 10.0. The lowest BCUT2D eigenvalue weighted by Gasteiger charge is -2.32. The van der Waals surface area contributed by atoms with Crippen LogP contribution in [0.2, 0.25) is 0 Å². The number of hydrogen-bond donors (Lipinski definition) is 2. The molecule has 0 saturated heterocycles. The van der Waals surface area contributed by atoms with Crippen LogP contribution < -0.4 is 0 Å². The van der Waals surface area contributed by atoms with Crippen molar-refractivity contribution in [2.45, 2.75) is 19.0 Å². The standard InChI is InChI=1S/C13H13BrN4O3/c1-17-4-7(14)2-10(17)12(19)18-5-9-8(15-6-16-9)3-11(18)13(20)21/h2,4,6,11H,3,5H2,1H3,(H,15,16)(H,20,21). The first kappa shape index (κ1) is 13.9. The predicted octanol–water partition coefficient (Wildman–Crippen LogP) is 1.16. The first-order chi connectivity index (χ1) is 9.97. The molecule has 2 aromatic heterocycles. The number of nitrogens with one attached hydrogen (secondary N) is 1. The number of aliphatic carboxylic acids is 1. The molecule has 3 heterocycles. The molecule has 1 aliphatic rings. The summed E-state index contributed by atoms with van der Waals surface area (Å²) in [5.41, 5.74) is 1.93. The van der Waals surface area contributed by atoms with Crippen molar-refractivity contribution in [1.29, 1.82) is 0 Å². The smallest absolute Gasteiger partial charge is 0.326 e. The van der Waals surface area contributed by atoms with Gasteiger partial charge < -0.3 is 19.6 Å². The summed E-state index contributed by atoms with van der Waals surface area (Å²) in [5.74, 6) is -1.33. The topological polar surface area (TPSA) is 91.2 Å². The van der Waals surface area contributed by atoms with Crippen molar-refractivity contribution in [3.63, 3.8) is 0 Å². The highest BCUT2D eigenvalue weighted by atomic mass is 79.9. The number of rotatable bonds is 2. The van der Waals surface area contributed by atoms with Gasteiger partial charge in [-0.05, 0) is 22.0 Å². The SMILES string of the molecule is Cn1cc(Br)cc1C(=O)N1Cc2[nH]cnc2CC1C(=O)O. The molecule has 0 fully saturated rings. The van der Waals surface area contributed by atoms with Gasteiger partial charge in [-0.3, -0.25) is 4.79 Å². The Labute approximate surface area is 128 Å².